The summed E-state index contributed by atoms with van der Waals surface area (Å²) in [6.07, 6.45) is 3.94. The Morgan fingerprint density at radius 3 is 2.76 bits per heavy atom. The zero-order chi connectivity index (χ0) is 24.0. The zero-order valence-electron chi connectivity index (χ0n) is 18.4. The Kier molecular flexibility index (Phi) is 8.46. The molecule has 3 rings (SSSR count). The van der Waals surface area contributed by atoms with Gasteiger partial charge in [0, 0.05) is 10.9 Å². The van der Waals surface area contributed by atoms with Crippen molar-refractivity contribution in [2.24, 2.45) is 5.10 Å². The highest BCUT2D eigenvalue weighted by molar-refractivity contribution is 9.10. The second-order valence-electron chi connectivity index (χ2n) is 7.05. The van der Waals surface area contributed by atoms with Gasteiger partial charge in [0.15, 0.2) is 18.1 Å². The molecule has 1 heterocycles. The first-order chi connectivity index (χ1) is 15.9. The standard InChI is InChI=1S/C23H23BrClN3O5/c1-4-5-6-20-27-18-8-7-15(24)11-16(18)23(30)28(20)26-12-14-9-17(25)22(19(10-14)31-2)33-13-21(29)32-3/h7-12H,4-6,13H2,1-3H3. The molecule has 0 spiro atoms. The first-order valence-electron chi connectivity index (χ1n) is 10.2. The lowest BCUT2D eigenvalue weighted by Gasteiger charge is -2.12. The third-order valence-electron chi connectivity index (χ3n) is 4.77. The predicted molar refractivity (Wildman–Crippen MR) is 131 cm³/mol. The van der Waals surface area contributed by atoms with Crippen molar-refractivity contribution in [1.29, 1.82) is 0 Å². The number of carbonyl (C=O) groups is 1. The number of benzene rings is 2. The number of unbranched alkanes of at least 4 members (excludes halogenated alkanes) is 1. The van der Waals surface area contributed by atoms with Gasteiger partial charge in [-0.2, -0.15) is 9.78 Å². The minimum absolute atomic E-state index is 0.208. The van der Waals surface area contributed by atoms with Crippen molar-refractivity contribution in [3.8, 4) is 11.5 Å². The number of methoxy groups -OCH3 is 2. The van der Waals surface area contributed by atoms with E-state index in [2.05, 4.69) is 37.7 Å². The van der Waals surface area contributed by atoms with Crippen molar-refractivity contribution in [3.63, 3.8) is 0 Å². The maximum Gasteiger partial charge on any atom is 0.343 e. The fourth-order valence-electron chi connectivity index (χ4n) is 3.08. The van der Waals surface area contributed by atoms with Crippen molar-refractivity contribution in [1.82, 2.24) is 9.66 Å². The summed E-state index contributed by atoms with van der Waals surface area (Å²) in [6, 6.07) is 8.63. The van der Waals surface area contributed by atoms with Crippen LogP contribution in [0.1, 0.15) is 31.2 Å². The molecular weight excluding hydrogens is 514 g/mol. The molecule has 8 nitrogen and oxygen atoms in total. The van der Waals surface area contributed by atoms with Crippen LogP contribution in [0.4, 0.5) is 0 Å². The number of esters is 1. The number of hydrogen-bond donors (Lipinski definition) is 0. The van der Waals surface area contributed by atoms with Gasteiger partial charge in [0.2, 0.25) is 0 Å². The molecule has 0 aliphatic rings. The van der Waals surface area contributed by atoms with E-state index in [-0.39, 0.29) is 22.9 Å². The van der Waals surface area contributed by atoms with Crippen LogP contribution in [0.3, 0.4) is 0 Å². The summed E-state index contributed by atoms with van der Waals surface area (Å²) in [5.41, 5.74) is 0.933. The molecule has 10 heteroatoms. The number of carbonyl (C=O) groups excluding carboxylic acids is 1. The van der Waals surface area contributed by atoms with Crippen LogP contribution in [0, 0.1) is 0 Å². The van der Waals surface area contributed by atoms with Crippen LogP contribution >= 0.6 is 27.5 Å². The predicted octanol–water partition coefficient (Wildman–Crippen LogP) is 4.60. The van der Waals surface area contributed by atoms with Crippen LogP contribution in [-0.2, 0) is 16.0 Å². The van der Waals surface area contributed by atoms with Gasteiger partial charge in [0.1, 0.15) is 5.82 Å². The number of rotatable bonds is 9. The van der Waals surface area contributed by atoms with E-state index in [0.717, 1.165) is 17.3 Å². The first kappa shape index (κ1) is 24.7. The van der Waals surface area contributed by atoms with E-state index in [4.69, 9.17) is 21.1 Å². The number of nitrogens with zero attached hydrogens (tertiary/aromatic N) is 3. The largest absolute Gasteiger partial charge is 0.493 e. The molecule has 0 aliphatic heterocycles. The fourth-order valence-corrected chi connectivity index (χ4v) is 3.71. The maximum atomic E-state index is 13.2. The molecule has 0 N–H and O–H groups in total. The van der Waals surface area contributed by atoms with Crippen molar-refractivity contribution in [3.05, 3.63) is 61.6 Å². The first-order valence-corrected chi connectivity index (χ1v) is 11.4. The molecule has 0 bridgehead atoms. The van der Waals surface area contributed by atoms with Crippen LogP contribution < -0.4 is 15.0 Å². The molecular formula is C23H23BrClN3O5. The van der Waals surface area contributed by atoms with E-state index in [1.54, 1.807) is 18.2 Å². The lowest BCUT2D eigenvalue weighted by atomic mass is 10.2. The van der Waals surface area contributed by atoms with Crippen molar-refractivity contribution in [2.75, 3.05) is 20.8 Å². The van der Waals surface area contributed by atoms with Gasteiger partial charge in [-0.15, -0.1) is 0 Å². The number of fused-ring (bicyclic) bond motifs is 1. The van der Waals surface area contributed by atoms with Gasteiger partial charge in [-0.05, 0) is 42.3 Å². The molecule has 3 aromatic rings. The maximum absolute atomic E-state index is 13.2. The van der Waals surface area contributed by atoms with Crippen LogP contribution in [0.25, 0.3) is 10.9 Å². The minimum atomic E-state index is -0.548. The third-order valence-corrected chi connectivity index (χ3v) is 5.54. The van der Waals surface area contributed by atoms with Gasteiger partial charge in [0.05, 0.1) is 36.4 Å². The summed E-state index contributed by atoms with van der Waals surface area (Å²) in [6.45, 7) is 1.76. The van der Waals surface area contributed by atoms with Gasteiger partial charge in [0.25, 0.3) is 5.56 Å². The molecule has 0 aliphatic carbocycles. The van der Waals surface area contributed by atoms with Crippen LogP contribution in [0.2, 0.25) is 5.02 Å². The van der Waals surface area contributed by atoms with E-state index in [1.165, 1.54) is 25.1 Å². The van der Waals surface area contributed by atoms with Crippen LogP contribution in [0.5, 0.6) is 11.5 Å². The highest BCUT2D eigenvalue weighted by atomic mass is 79.9. The third kappa shape index (κ3) is 5.91. The average Bonchev–Trinajstić information content (AvgIpc) is 2.81. The number of hydrogen-bond acceptors (Lipinski definition) is 7. The molecule has 0 fully saturated rings. The van der Waals surface area contributed by atoms with Gasteiger partial charge < -0.3 is 14.2 Å². The normalized spacial score (nSPS) is 11.2. The Balaban J connectivity index is 2.02. The average molecular weight is 537 g/mol. The van der Waals surface area contributed by atoms with Gasteiger partial charge >= 0.3 is 5.97 Å². The lowest BCUT2D eigenvalue weighted by Crippen LogP contribution is -2.22. The molecule has 0 saturated heterocycles. The Bertz CT molecular complexity index is 1260. The molecule has 174 valence electrons. The topological polar surface area (TPSA) is 92.0 Å². The summed E-state index contributed by atoms with van der Waals surface area (Å²) in [5.74, 6) is 0.545. The Morgan fingerprint density at radius 1 is 1.27 bits per heavy atom. The zero-order valence-corrected chi connectivity index (χ0v) is 20.8. The summed E-state index contributed by atoms with van der Waals surface area (Å²) in [5, 5.41) is 5.10. The molecule has 0 unspecified atom stereocenters. The van der Waals surface area contributed by atoms with Crippen LogP contribution in [-0.4, -0.2) is 42.7 Å². The van der Waals surface area contributed by atoms with Gasteiger partial charge in [-0.3, -0.25) is 4.79 Å². The Hall–Kier alpha value is -2.91. The summed E-state index contributed by atoms with van der Waals surface area (Å²) in [7, 11) is 2.72. The highest BCUT2D eigenvalue weighted by Crippen LogP contribution is 2.36. The molecule has 0 amide bonds. The lowest BCUT2D eigenvalue weighted by molar-refractivity contribution is -0.142. The Morgan fingerprint density at radius 2 is 2.06 bits per heavy atom. The number of ether oxygens (including phenoxy) is 3. The monoisotopic (exact) mass is 535 g/mol. The highest BCUT2D eigenvalue weighted by Gasteiger charge is 2.15. The second-order valence-corrected chi connectivity index (χ2v) is 8.38. The van der Waals surface area contributed by atoms with E-state index in [1.807, 2.05) is 12.1 Å². The number of halogens is 2. The number of aromatic nitrogens is 2. The second kappa shape index (κ2) is 11.3. The van der Waals surface area contributed by atoms with E-state index in [0.29, 0.717) is 34.5 Å². The van der Waals surface area contributed by atoms with Crippen molar-refractivity contribution < 1.29 is 19.0 Å². The summed E-state index contributed by atoms with van der Waals surface area (Å²) in [4.78, 5) is 29.2. The molecule has 2 aromatic carbocycles. The van der Waals surface area contributed by atoms with Crippen molar-refractivity contribution >= 4 is 50.6 Å². The molecule has 1 aromatic heterocycles. The van der Waals surface area contributed by atoms with Gasteiger partial charge in [-0.25, -0.2) is 9.78 Å². The Labute approximate surface area is 204 Å². The summed E-state index contributed by atoms with van der Waals surface area (Å²) < 4.78 is 17.4. The molecule has 33 heavy (non-hydrogen) atoms. The molecule has 0 radical (unpaired) electrons. The SMILES string of the molecule is CCCCc1nc2ccc(Br)cc2c(=O)n1N=Cc1cc(Cl)c(OCC(=O)OC)c(OC)c1. The van der Waals surface area contributed by atoms with Crippen molar-refractivity contribution in [2.45, 2.75) is 26.2 Å². The van der Waals surface area contributed by atoms with E-state index in [9.17, 15) is 9.59 Å². The molecule has 0 atom stereocenters. The minimum Gasteiger partial charge on any atom is -0.493 e. The molecule has 0 saturated carbocycles. The quantitative estimate of drug-likeness (QED) is 0.293. The van der Waals surface area contributed by atoms with Gasteiger partial charge in [-0.1, -0.05) is 40.9 Å². The smallest absolute Gasteiger partial charge is 0.343 e. The van der Waals surface area contributed by atoms with E-state index >= 15 is 0 Å². The number of aryl methyl sites for hydroxylation is 1. The van der Waals surface area contributed by atoms with E-state index < -0.39 is 5.97 Å². The summed E-state index contributed by atoms with van der Waals surface area (Å²) >= 11 is 9.74. The fraction of sp³-hybridized carbons (Fsp3) is 0.304. The van der Waals surface area contributed by atoms with Crippen LogP contribution in [0.15, 0.2) is 44.7 Å².